The molecule has 0 aromatic heterocycles. The highest BCUT2D eigenvalue weighted by Gasteiger charge is 2.26. The average molecular weight is 195 g/mol. The third-order valence-electron chi connectivity index (χ3n) is 2.73. The highest BCUT2D eigenvalue weighted by atomic mass is 16.6. The lowest BCUT2D eigenvalue weighted by Crippen LogP contribution is -2.25. The van der Waals surface area contributed by atoms with Crippen LogP contribution in [0.2, 0.25) is 0 Å². The van der Waals surface area contributed by atoms with Crippen LogP contribution in [0.5, 0.6) is 0 Å². The zero-order valence-corrected chi connectivity index (χ0v) is 8.56. The van der Waals surface area contributed by atoms with Crippen LogP contribution < -0.4 is 0 Å². The van der Waals surface area contributed by atoms with Gasteiger partial charge in [0.05, 0.1) is 0 Å². The lowest BCUT2D eigenvalue weighted by Gasteiger charge is -2.20. The fraction of sp³-hybridized carbons (Fsp3) is 0.636. The molecule has 0 unspecified atom stereocenters. The summed E-state index contributed by atoms with van der Waals surface area (Å²) in [5, 5.41) is 10.5. The van der Waals surface area contributed by atoms with Gasteiger partial charge < -0.3 is 0 Å². The summed E-state index contributed by atoms with van der Waals surface area (Å²) in [5.74, 6) is 0.544. The summed E-state index contributed by atoms with van der Waals surface area (Å²) >= 11 is 0. The number of allylic oxidation sites excluding steroid dienone is 4. The number of nitrogens with zero attached hydrogens (tertiary/aromatic N) is 1. The van der Waals surface area contributed by atoms with Crippen molar-refractivity contribution >= 4 is 0 Å². The number of nitro groups is 1. The molecule has 0 radical (unpaired) electrons. The normalized spacial score (nSPS) is 28.6. The van der Waals surface area contributed by atoms with Crippen LogP contribution >= 0.6 is 0 Å². The predicted molar refractivity (Wildman–Crippen MR) is 56.7 cm³/mol. The summed E-state index contributed by atoms with van der Waals surface area (Å²) in [7, 11) is 0. The van der Waals surface area contributed by atoms with Gasteiger partial charge in [0, 0.05) is 17.8 Å². The van der Waals surface area contributed by atoms with Crippen molar-refractivity contribution in [3.8, 4) is 0 Å². The largest absolute Gasteiger partial charge is 0.264 e. The van der Waals surface area contributed by atoms with E-state index in [9.17, 15) is 10.1 Å². The molecule has 0 atom stereocenters. The zero-order valence-electron chi connectivity index (χ0n) is 8.56. The van der Waals surface area contributed by atoms with Crippen LogP contribution in [-0.2, 0) is 0 Å². The SMILES string of the molecule is C/C=C/C=C/C1CCC([N+](=O)[O-])CC1. The standard InChI is InChI=1S/C11H17NO2/c1-2-3-4-5-10-6-8-11(9-7-10)12(13)14/h2-5,10-11H,6-9H2,1H3/b3-2+,5-4+. The second kappa shape index (κ2) is 5.58. The Morgan fingerprint density at radius 2 is 1.86 bits per heavy atom. The average Bonchev–Trinajstić information content (AvgIpc) is 2.19. The van der Waals surface area contributed by atoms with Crippen molar-refractivity contribution in [1.29, 1.82) is 0 Å². The molecule has 0 aliphatic heterocycles. The highest BCUT2D eigenvalue weighted by Crippen LogP contribution is 2.26. The van der Waals surface area contributed by atoms with Gasteiger partial charge in [-0.05, 0) is 25.7 Å². The van der Waals surface area contributed by atoms with Gasteiger partial charge in [-0.3, -0.25) is 10.1 Å². The monoisotopic (exact) mass is 195 g/mol. The smallest absolute Gasteiger partial charge is 0.213 e. The molecule has 0 aromatic carbocycles. The van der Waals surface area contributed by atoms with Gasteiger partial charge in [0.2, 0.25) is 6.04 Å². The van der Waals surface area contributed by atoms with Gasteiger partial charge in [-0.15, -0.1) is 0 Å². The quantitative estimate of drug-likeness (QED) is 0.395. The van der Waals surface area contributed by atoms with Crippen LogP contribution in [0.25, 0.3) is 0 Å². The molecule has 0 heterocycles. The molecule has 0 aromatic rings. The summed E-state index contributed by atoms with van der Waals surface area (Å²) in [6.45, 7) is 1.98. The number of hydrogen-bond acceptors (Lipinski definition) is 2. The van der Waals surface area contributed by atoms with E-state index in [1.54, 1.807) is 0 Å². The predicted octanol–water partition coefficient (Wildman–Crippen LogP) is 2.95. The number of rotatable bonds is 3. The second-order valence-electron chi connectivity index (χ2n) is 3.76. The van der Waals surface area contributed by atoms with Gasteiger partial charge >= 0.3 is 0 Å². The lowest BCUT2D eigenvalue weighted by molar-refractivity contribution is -0.526. The summed E-state index contributed by atoms with van der Waals surface area (Å²) in [6.07, 6.45) is 11.6. The van der Waals surface area contributed by atoms with Crippen LogP contribution in [-0.4, -0.2) is 11.0 Å². The molecule has 1 rings (SSSR count). The third kappa shape index (κ3) is 3.32. The van der Waals surface area contributed by atoms with E-state index in [4.69, 9.17) is 0 Å². The maximum absolute atomic E-state index is 10.5. The minimum Gasteiger partial charge on any atom is -0.264 e. The Balaban J connectivity index is 2.32. The molecule has 1 fully saturated rings. The molecule has 1 aliphatic carbocycles. The van der Waals surface area contributed by atoms with Gasteiger partial charge in [-0.2, -0.15) is 0 Å². The molecule has 0 N–H and O–H groups in total. The summed E-state index contributed by atoms with van der Waals surface area (Å²) in [5.41, 5.74) is 0. The van der Waals surface area contributed by atoms with Gasteiger partial charge in [-0.25, -0.2) is 0 Å². The fourth-order valence-corrected chi connectivity index (χ4v) is 1.84. The van der Waals surface area contributed by atoms with Crippen LogP contribution in [0, 0.1) is 16.0 Å². The molecule has 0 amide bonds. The molecule has 3 nitrogen and oxygen atoms in total. The summed E-state index contributed by atoms with van der Waals surface area (Å²) in [4.78, 5) is 10.4. The second-order valence-corrected chi connectivity index (χ2v) is 3.76. The minimum atomic E-state index is -0.290. The van der Waals surface area contributed by atoms with Gasteiger partial charge in [0.25, 0.3) is 0 Å². The summed E-state index contributed by atoms with van der Waals surface area (Å²) < 4.78 is 0. The van der Waals surface area contributed by atoms with Crippen LogP contribution in [0.3, 0.4) is 0 Å². The Kier molecular flexibility index (Phi) is 4.36. The van der Waals surface area contributed by atoms with E-state index in [-0.39, 0.29) is 11.0 Å². The molecular weight excluding hydrogens is 178 g/mol. The Morgan fingerprint density at radius 1 is 1.21 bits per heavy atom. The Bertz CT molecular complexity index is 238. The Hall–Kier alpha value is -1.12. The first kappa shape index (κ1) is 11.0. The minimum absolute atomic E-state index is 0.133. The van der Waals surface area contributed by atoms with Crippen LogP contribution in [0.15, 0.2) is 24.3 Å². The molecular formula is C11H17NO2. The third-order valence-corrected chi connectivity index (χ3v) is 2.73. The molecule has 0 spiro atoms. The van der Waals surface area contributed by atoms with Gasteiger partial charge in [-0.1, -0.05) is 24.3 Å². The molecule has 14 heavy (non-hydrogen) atoms. The first-order chi connectivity index (χ1) is 6.74. The highest BCUT2D eigenvalue weighted by molar-refractivity contribution is 5.03. The van der Waals surface area contributed by atoms with Crippen molar-refractivity contribution in [3.05, 3.63) is 34.4 Å². The maximum atomic E-state index is 10.5. The van der Waals surface area contributed by atoms with Crippen LogP contribution in [0.4, 0.5) is 0 Å². The molecule has 0 bridgehead atoms. The van der Waals surface area contributed by atoms with Crippen LogP contribution in [0.1, 0.15) is 32.6 Å². The van der Waals surface area contributed by atoms with E-state index < -0.39 is 0 Å². The molecule has 1 saturated carbocycles. The molecule has 3 heteroatoms. The zero-order chi connectivity index (χ0) is 10.4. The van der Waals surface area contributed by atoms with E-state index in [2.05, 4.69) is 6.08 Å². The van der Waals surface area contributed by atoms with Crippen molar-refractivity contribution in [3.63, 3.8) is 0 Å². The van der Waals surface area contributed by atoms with Crippen molar-refractivity contribution in [1.82, 2.24) is 0 Å². The van der Waals surface area contributed by atoms with Crippen molar-refractivity contribution in [2.24, 2.45) is 5.92 Å². The van der Waals surface area contributed by atoms with Crippen molar-refractivity contribution in [2.45, 2.75) is 38.6 Å². The van der Waals surface area contributed by atoms with Crippen molar-refractivity contribution in [2.75, 3.05) is 0 Å². The van der Waals surface area contributed by atoms with E-state index in [0.29, 0.717) is 5.92 Å². The van der Waals surface area contributed by atoms with E-state index in [1.807, 2.05) is 25.2 Å². The molecule has 78 valence electrons. The van der Waals surface area contributed by atoms with Gasteiger partial charge in [0.1, 0.15) is 0 Å². The Labute approximate surface area is 84.7 Å². The topological polar surface area (TPSA) is 43.1 Å². The van der Waals surface area contributed by atoms with E-state index in [1.165, 1.54) is 0 Å². The van der Waals surface area contributed by atoms with Gasteiger partial charge in [0.15, 0.2) is 0 Å². The summed E-state index contributed by atoms with van der Waals surface area (Å²) in [6, 6.07) is -0.290. The van der Waals surface area contributed by atoms with E-state index >= 15 is 0 Å². The Morgan fingerprint density at radius 3 is 2.36 bits per heavy atom. The first-order valence-electron chi connectivity index (χ1n) is 5.17. The first-order valence-corrected chi connectivity index (χ1v) is 5.17. The fourth-order valence-electron chi connectivity index (χ4n) is 1.84. The molecule has 1 aliphatic rings. The van der Waals surface area contributed by atoms with Crippen molar-refractivity contribution < 1.29 is 4.92 Å². The maximum Gasteiger partial charge on any atom is 0.213 e. The lowest BCUT2D eigenvalue weighted by atomic mass is 9.86. The number of hydrogen-bond donors (Lipinski definition) is 0. The molecule has 0 saturated heterocycles. The van der Waals surface area contributed by atoms with E-state index in [0.717, 1.165) is 25.7 Å².